The third-order valence-corrected chi connectivity index (χ3v) is 4.32. The molecule has 1 aromatic carbocycles. The van der Waals surface area contributed by atoms with Gasteiger partial charge in [0.05, 0.1) is 23.6 Å². The summed E-state index contributed by atoms with van der Waals surface area (Å²) < 4.78 is 5.41. The molecule has 4 heteroatoms. The van der Waals surface area contributed by atoms with Gasteiger partial charge >= 0.3 is 5.97 Å². The molecule has 0 N–H and O–H groups in total. The Morgan fingerprint density at radius 2 is 1.87 bits per heavy atom. The quantitative estimate of drug-likeness (QED) is 0.465. The predicted molar refractivity (Wildman–Crippen MR) is 86.2 cm³/mol. The first-order valence-corrected chi connectivity index (χ1v) is 7.99. The number of hydrogen-bond acceptors (Lipinski definition) is 4. The third kappa shape index (κ3) is 5.27. The fraction of sp³-hybridized carbons (Fsp3) is 0.421. The molecule has 0 amide bonds. The molecule has 1 aliphatic carbocycles. The van der Waals surface area contributed by atoms with Crippen molar-refractivity contribution in [3.63, 3.8) is 0 Å². The van der Waals surface area contributed by atoms with Gasteiger partial charge in [-0.3, -0.25) is 4.79 Å². The monoisotopic (exact) mass is 308 g/mol. The van der Waals surface area contributed by atoms with Gasteiger partial charge in [-0.1, -0.05) is 6.08 Å². The van der Waals surface area contributed by atoms with Crippen molar-refractivity contribution in [1.29, 1.82) is 10.5 Å². The van der Waals surface area contributed by atoms with Gasteiger partial charge in [0.2, 0.25) is 0 Å². The molecule has 0 saturated heterocycles. The van der Waals surface area contributed by atoms with Gasteiger partial charge in [0.1, 0.15) is 5.75 Å². The molecule has 4 nitrogen and oxygen atoms in total. The molecule has 0 spiro atoms. The average Bonchev–Trinajstić information content (AvgIpc) is 2.60. The lowest BCUT2D eigenvalue weighted by Gasteiger charge is -2.26. The van der Waals surface area contributed by atoms with Gasteiger partial charge < -0.3 is 4.74 Å². The lowest BCUT2D eigenvalue weighted by atomic mass is 9.80. The van der Waals surface area contributed by atoms with E-state index < -0.39 is 0 Å². The second-order valence-electron chi connectivity index (χ2n) is 5.88. The number of allylic oxidation sites excluding steroid dienone is 2. The predicted octanol–water partition coefficient (Wildman–Crippen LogP) is 4.13. The number of nitrogens with zero attached hydrogens (tertiary/aromatic N) is 2. The van der Waals surface area contributed by atoms with Crippen molar-refractivity contribution in [3.8, 4) is 17.9 Å². The first kappa shape index (κ1) is 16.8. The molecular formula is C19H20N2O2. The fourth-order valence-corrected chi connectivity index (χ4v) is 2.95. The Balaban J connectivity index is 1.76. The number of nitriles is 2. The fourth-order valence-electron chi connectivity index (χ4n) is 2.95. The second kappa shape index (κ2) is 8.76. The number of esters is 1. The number of benzene rings is 1. The van der Waals surface area contributed by atoms with Crippen LogP contribution in [-0.2, 0) is 4.79 Å². The summed E-state index contributed by atoms with van der Waals surface area (Å²) in [7, 11) is 0. The van der Waals surface area contributed by atoms with E-state index >= 15 is 0 Å². The summed E-state index contributed by atoms with van der Waals surface area (Å²) in [6.45, 7) is 0. The molecule has 1 fully saturated rings. The summed E-state index contributed by atoms with van der Waals surface area (Å²) in [5, 5.41) is 17.2. The summed E-state index contributed by atoms with van der Waals surface area (Å²) in [6.07, 6.45) is 9.24. The van der Waals surface area contributed by atoms with Crippen LogP contribution in [0.25, 0.3) is 0 Å². The number of rotatable bonds is 5. The maximum atomic E-state index is 12.2. The third-order valence-electron chi connectivity index (χ3n) is 4.32. The molecule has 23 heavy (non-hydrogen) atoms. The molecule has 0 bridgehead atoms. The van der Waals surface area contributed by atoms with Crippen LogP contribution >= 0.6 is 0 Å². The smallest absolute Gasteiger partial charge is 0.314 e. The molecule has 0 heterocycles. The molecular weight excluding hydrogens is 288 g/mol. The molecule has 0 aromatic heterocycles. The molecule has 118 valence electrons. The van der Waals surface area contributed by atoms with Crippen LogP contribution in [0.1, 0.15) is 44.1 Å². The van der Waals surface area contributed by atoms with Crippen LogP contribution in [0.4, 0.5) is 0 Å². The standard InChI is InChI=1S/C19H20N2O2/c20-13-3-1-2-4-15-5-9-17(10-6-15)19(22)23-18-11-7-16(14-21)8-12-18/h1,3,7-8,11-12,15,17H,2,4-6,9-10H2/b3-1+. The molecule has 0 aliphatic heterocycles. The van der Waals surface area contributed by atoms with Gasteiger partial charge in [0, 0.05) is 6.08 Å². The van der Waals surface area contributed by atoms with Crippen LogP contribution in [0.2, 0.25) is 0 Å². The van der Waals surface area contributed by atoms with Crippen LogP contribution in [-0.4, -0.2) is 5.97 Å². The van der Waals surface area contributed by atoms with Crippen LogP contribution in [0.5, 0.6) is 5.75 Å². The van der Waals surface area contributed by atoms with Crippen molar-refractivity contribution in [2.45, 2.75) is 38.5 Å². The topological polar surface area (TPSA) is 73.9 Å². The normalized spacial score (nSPS) is 20.6. The Morgan fingerprint density at radius 1 is 1.17 bits per heavy atom. The minimum Gasteiger partial charge on any atom is -0.426 e. The summed E-state index contributed by atoms with van der Waals surface area (Å²) >= 11 is 0. The molecule has 1 aromatic rings. The zero-order valence-corrected chi connectivity index (χ0v) is 13.1. The van der Waals surface area contributed by atoms with Crippen molar-refractivity contribution in [2.24, 2.45) is 11.8 Å². The number of hydrogen-bond donors (Lipinski definition) is 0. The van der Waals surface area contributed by atoms with Gasteiger partial charge in [0.25, 0.3) is 0 Å². The zero-order chi connectivity index (χ0) is 16.5. The Morgan fingerprint density at radius 3 is 2.48 bits per heavy atom. The Hall–Kier alpha value is -2.59. The van der Waals surface area contributed by atoms with E-state index in [1.165, 1.54) is 6.08 Å². The van der Waals surface area contributed by atoms with E-state index in [1.54, 1.807) is 24.3 Å². The van der Waals surface area contributed by atoms with Crippen molar-refractivity contribution >= 4 is 5.97 Å². The molecule has 1 saturated carbocycles. The summed E-state index contributed by atoms with van der Waals surface area (Å²) in [5.74, 6) is 0.934. The lowest BCUT2D eigenvalue weighted by Crippen LogP contribution is -2.25. The Labute approximate surface area is 137 Å². The van der Waals surface area contributed by atoms with E-state index in [2.05, 4.69) is 0 Å². The minimum atomic E-state index is -0.169. The van der Waals surface area contributed by atoms with Gasteiger partial charge in [-0.25, -0.2) is 0 Å². The van der Waals surface area contributed by atoms with E-state index in [1.807, 2.05) is 18.2 Å². The van der Waals surface area contributed by atoms with Gasteiger partial charge in [-0.15, -0.1) is 0 Å². The Kier molecular flexibility index (Phi) is 6.39. The molecule has 1 aliphatic rings. The maximum Gasteiger partial charge on any atom is 0.314 e. The molecule has 2 rings (SSSR count). The first-order valence-electron chi connectivity index (χ1n) is 7.99. The van der Waals surface area contributed by atoms with Crippen molar-refractivity contribution < 1.29 is 9.53 Å². The highest BCUT2D eigenvalue weighted by Crippen LogP contribution is 2.32. The highest BCUT2D eigenvalue weighted by molar-refractivity contribution is 5.75. The van der Waals surface area contributed by atoms with E-state index in [9.17, 15) is 4.79 Å². The van der Waals surface area contributed by atoms with Crippen molar-refractivity contribution in [1.82, 2.24) is 0 Å². The van der Waals surface area contributed by atoms with Crippen molar-refractivity contribution in [2.75, 3.05) is 0 Å². The lowest BCUT2D eigenvalue weighted by molar-refractivity contribution is -0.140. The average molecular weight is 308 g/mol. The summed E-state index contributed by atoms with van der Waals surface area (Å²) in [5.41, 5.74) is 0.552. The van der Waals surface area contributed by atoms with E-state index in [4.69, 9.17) is 15.3 Å². The molecule has 0 radical (unpaired) electrons. The van der Waals surface area contributed by atoms with Gasteiger partial charge in [-0.2, -0.15) is 10.5 Å². The summed E-state index contributed by atoms with van der Waals surface area (Å²) in [4.78, 5) is 12.2. The van der Waals surface area contributed by atoms with Crippen LogP contribution in [0, 0.1) is 34.5 Å². The minimum absolute atomic E-state index is 0.0310. The SMILES string of the molecule is N#C/C=C/CCC1CCC(C(=O)Oc2ccc(C#N)cc2)CC1. The van der Waals surface area contributed by atoms with E-state index in [-0.39, 0.29) is 11.9 Å². The van der Waals surface area contributed by atoms with Crippen LogP contribution in [0.3, 0.4) is 0 Å². The van der Waals surface area contributed by atoms with E-state index in [0.717, 1.165) is 38.5 Å². The van der Waals surface area contributed by atoms with Crippen molar-refractivity contribution in [3.05, 3.63) is 42.0 Å². The maximum absolute atomic E-state index is 12.2. The van der Waals surface area contributed by atoms with Crippen LogP contribution in [0.15, 0.2) is 36.4 Å². The highest BCUT2D eigenvalue weighted by Gasteiger charge is 2.27. The zero-order valence-electron chi connectivity index (χ0n) is 13.1. The summed E-state index contributed by atoms with van der Waals surface area (Å²) in [6, 6.07) is 10.6. The largest absolute Gasteiger partial charge is 0.426 e. The second-order valence-corrected chi connectivity index (χ2v) is 5.88. The highest BCUT2D eigenvalue weighted by atomic mass is 16.5. The number of carbonyl (C=O) groups is 1. The van der Waals surface area contributed by atoms with Crippen LogP contribution < -0.4 is 4.74 Å². The molecule has 0 unspecified atom stereocenters. The number of carbonyl (C=O) groups excluding carboxylic acids is 1. The molecule has 0 atom stereocenters. The first-order chi connectivity index (χ1) is 11.2. The van der Waals surface area contributed by atoms with E-state index in [0.29, 0.717) is 17.2 Å². The van der Waals surface area contributed by atoms with Gasteiger partial charge in [0.15, 0.2) is 0 Å². The Bertz CT molecular complexity index is 627. The van der Waals surface area contributed by atoms with Gasteiger partial charge in [-0.05, 0) is 68.7 Å². The number of ether oxygens (including phenoxy) is 1.